The molecule has 9 heavy (non-hydrogen) atoms. The Balaban J connectivity index is 2.23. The van der Waals surface area contributed by atoms with Crippen LogP contribution in [0.15, 0.2) is 0 Å². The molecule has 1 N–H and O–H groups in total. The maximum absolute atomic E-state index is 9.31. The van der Waals surface area contributed by atoms with E-state index >= 15 is 0 Å². The highest BCUT2D eigenvalue weighted by Gasteiger charge is 2.28. The van der Waals surface area contributed by atoms with E-state index < -0.39 is 0 Å². The second-order valence-corrected chi connectivity index (χ2v) is 3.55. The standard InChI is InChI=1S/C7H13ClO/c1-5(8)7(9)6-3-2-4-6/h5-7,9H,2-4H2,1H3. The third-order valence-corrected chi connectivity index (χ3v) is 2.36. The lowest BCUT2D eigenvalue weighted by atomic mass is 9.80. The average Bonchev–Trinajstić information content (AvgIpc) is 1.60. The van der Waals surface area contributed by atoms with Crippen molar-refractivity contribution in [3.8, 4) is 0 Å². The highest BCUT2D eigenvalue weighted by molar-refractivity contribution is 6.20. The maximum Gasteiger partial charge on any atom is 0.0729 e. The molecule has 0 amide bonds. The van der Waals surface area contributed by atoms with Gasteiger partial charge in [-0.15, -0.1) is 11.6 Å². The van der Waals surface area contributed by atoms with E-state index in [0.717, 1.165) is 12.8 Å². The number of hydrogen-bond donors (Lipinski definition) is 1. The second-order valence-electron chi connectivity index (χ2n) is 2.86. The van der Waals surface area contributed by atoms with Gasteiger partial charge in [-0.3, -0.25) is 0 Å². The Morgan fingerprint density at radius 2 is 2.11 bits per heavy atom. The Hall–Kier alpha value is 0.250. The molecule has 0 aromatic rings. The summed E-state index contributed by atoms with van der Waals surface area (Å²) >= 11 is 5.69. The number of halogens is 1. The molecule has 2 unspecified atom stereocenters. The van der Waals surface area contributed by atoms with E-state index in [9.17, 15) is 5.11 Å². The third kappa shape index (κ3) is 1.59. The fraction of sp³-hybridized carbons (Fsp3) is 1.00. The Labute approximate surface area is 61.0 Å². The van der Waals surface area contributed by atoms with Gasteiger partial charge in [0, 0.05) is 0 Å². The molecule has 0 radical (unpaired) electrons. The minimum atomic E-state index is -0.264. The van der Waals surface area contributed by atoms with Gasteiger partial charge in [-0.05, 0) is 25.7 Å². The minimum Gasteiger partial charge on any atom is -0.391 e. The molecule has 1 aliphatic carbocycles. The predicted octanol–water partition coefficient (Wildman–Crippen LogP) is 1.77. The number of rotatable bonds is 2. The van der Waals surface area contributed by atoms with E-state index in [0.29, 0.717) is 5.92 Å². The first-order valence-corrected chi connectivity index (χ1v) is 3.97. The molecular weight excluding hydrogens is 136 g/mol. The molecule has 0 aromatic carbocycles. The predicted molar refractivity (Wildman–Crippen MR) is 38.7 cm³/mol. The molecule has 54 valence electrons. The van der Waals surface area contributed by atoms with Crippen LogP contribution in [-0.2, 0) is 0 Å². The lowest BCUT2D eigenvalue weighted by Gasteiger charge is -2.31. The first kappa shape index (κ1) is 7.36. The molecule has 0 aliphatic heterocycles. The van der Waals surface area contributed by atoms with Crippen molar-refractivity contribution in [3.63, 3.8) is 0 Å². The zero-order valence-electron chi connectivity index (χ0n) is 5.68. The van der Waals surface area contributed by atoms with Crippen LogP contribution in [0, 0.1) is 5.92 Å². The summed E-state index contributed by atoms with van der Waals surface area (Å²) in [6.45, 7) is 1.85. The first-order valence-electron chi connectivity index (χ1n) is 3.54. The van der Waals surface area contributed by atoms with Crippen LogP contribution in [-0.4, -0.2) is 16.6 Å². The normalized spacial score (nSPS) is 27.0. The molecule has 2 atom stereocenters. The van der Waals surface area contributed by atoms with Gasteiger partial charge in [-0.25, -0.2) is 0 Å². The largest absolute Gasteiger partial charge is 0.391 e. The molecule has 0 bridgehead atoms. The minimum absolute atomic E-state index is 0.0738. The summed E-state index contributed by atoms with van der Waals surface area (Å²) in [5.41, 5.74) is 0. The summed E-state index contributed by atoms with van der Waals surface area (Å²) in [6, 6.07) is 0. The Kier molecular flexibility index (Phi) is 2.36. The van der Waals surface area contributed by atoms with E-state index in [-0.39, 0.29) is 11.5 Å². The van der Waals surface area contributed by atoms with Crippen LogP contribution in [0.25, 0.3) is 0 Å². The van der Waals surface area contributed by atoms with Crippen LogP contribution in [0.5, 0.6) is 0 Å². The summed E-state index contributed by atoms with van der Waals surface area (Å²) in [4.78, 5) is 0. The Morgan fingerprint density at radius 3 is 2.22 bits per heavy atom. The van der Waals surface area contributed by atoms with Gasteiger partial charge in [0.15, 0.2) is 0 Å². The number of hydrogen-bond acceptors (Lipinski definition) is 1. The molecule has 1 rings (SSSR count). The van der Waals surface area contributed by atoms with Crippen LogP contribution in [0.3, 0.4) is 0 Å². The van der Waals surface area contributed by atoms with E-state index in [1.165, 1.54) is 6.42 Å². The van der Waals surface area contributed by atoms with Crippen molar-refractivity contribution in [3.05, 3.63) is 0 Å². The van der Waals surface area contributed by atoms with Gasteiger partial charge in [0.1, 0.15) is 0 Å². The lowest BCUT2D eigenvalue weighted by Crippen LogP contribution is -2.32. The summed E-state index contributed by atoms with van der Waals surface area (Å²) in [7, 11) is 0. The molecule has 0 aromatic heterocycles. The Bertz CT molecular complexity index is 88.9. The summed E-state index contributed by atoms with van der Waals surface area (Å²) in [5.74, 6) is 0.498. The van der Waals surface area contributed by atoms with Gasteiger partial charge in [0.25, 0.3) is 0 Å². The molecule has 1 saturated carbocycles. The molecule has 1 aliphatic rings. The van der Waals surface area contributed by atoms with Crippen LogP contribution >= 0.6 is 11.6 Å². The smallest absolute Gasteiger partial charge is 0.0729 e. The number of alkyl halides is 1. The van der Waals surface area contributed by atoms with Crippen molar-refractivity contribution in [1.82, 2.24) is 0 Å². The van der Waals surface area contributed by atoms with Crippen molar-refractivity contribution < 1.29 is 5.11 Å². The fourth-order valence-electron chi connectivity index (χ4n) is 1.16. The summed E-state index contributed by atoms with van der Waals surface area (Å²) in [5, 5.41) is 9.24. The van der Waals surface area contributed by atoms with Crippen LogP contribution in [0.2, 0.25) is 0 Å². The van der Waals surface area contributed by atoms with Crippen molar-refractivity contribution in [2.24, 2.45) is 5.92 Å². The first-order chi connectivity index (χ1) is 4.22. The van der Waals surface area contributed by atoms with Crippen LogP contribution in [0.4, 0.5) is 0 Å². The van der Waals surface area contributed by atoms with Gasteiger partial charge in [0.2, 0.25) is 0 Å². The second kappa shape index (κ2) is 2.89. The van der Waals surface area contributed by atoms with Gasteiger partial charge >= 0.3 is 0 Å². The lowest BCUT2D eigenvalue weighted by molar-refractivity contribution is 0.0626. The van der Waals surface area contributed by atoms with E-state index in [2.05, 4.69) is 0 Å². The molecule has 0 spiro atoms. The molecular formula is C7H13ClO. The highest BCUT2D eigenvalue weighted by Crippen LogP contribution is 2.31. The molecule has 0 heterocycles. The van der Waals surface area contributed by atoms with Gasteiger partial charge in [-0.1, -0.05) is 6.42 Å². The monoisotopic (exact) mass is 148 g/mol. The summed E-state index contributed by atoms with van der Waals surface area (Å²) < 4.78 is 0. The van der Waals surface area contributed by atoms with E-state index in [1.54, 1.807) is 0 Å². The van der Waals surface area contributed by atoms with Gasteiger partial charge in [0.05, 0.1) is 11.5 Å². The Morgan fingerprint density at radius 1 is 1.56 bits per heavy atom. The third-order valence-electron chi connectivity index (χ3n) is 2.10. The van der Waals surface area contributed by atoms with Crippen molar-refractivity contribution >= 4 is 11.6 Å². The number of aliphatic hydroxyl groups excluding tert-OH is 1. The zero-order valence-corrected chi connectivity index (χ0v) is 6.43. The quantitative estimate of drug-likeness (QED) is 0.592. The summed E-state index contributed by atoms with van der Waals surface area (Å²) in [6.07, 6.45) is 3.34. The number of aliphatic hydroxyl groups is 1. The zero-order chi connectivity index (χ0) is 6.85. The van der Waals surface area contributed by atoms with E-state index in [1.807, 2.05) is 6.92 Å². The molecule has 2 heteroatoms. The van der Waals surface area contributed by atoms with Crippen molar-refractivity contribution in [2.45, 2.75) is 37.7 Å². The van der Waals surface area contributed by atoms with Gasteiger partial charge < -0.3 is 5.11 Å². The molecule has 0 saturated heterocycles. The van der Waals surface area contributed by atoms with Crippen LogP contribution in [0.1, 0.15) is 26.2 Å². The fourth-order valence-corrected chi connectivity index (χ4v) is 1.36. The van der Waals surface area contributed by atoms with Gasteiger partial charge in [-0.2, -0.15) is 0 Å². The SMILES string of the molecule is CC(Cl)C(O)C1CCC1. The topological polar surface area (TPSA) is 20.2 Å². The maximum atomic E-state index is 9.31. The van der Waals surface area contributed by atoms with Crippen molar-refractivity contribution in [1.29, 1.82) is 0 Å². The average molecular weight is 149 g/mol. The highest BCUT2D eigenvalue weighted by atomic mass is 35.5. The van der Waals surface area contributed by atoms with Crippen molar-refractivity contribution in [2.75, 3.05) is 0 Å². The molecule has 1 nitrogen and oxygen atoms in total. The molecule has 1 fully saturated rings. The van der Waals surface area contributed by atoms with Crippen LogP contribution < -0.4 is 0 Å². The van der Waals surface area contributed by atoms with E-state index in [4.69, 9.17) is 11.6 Å².